The highest BCUT2D eigenvalue weighted by atomic mass is 35.5. The van der Waals surface area contributed by atoms with Crippen molar-refractivity contribution in [1.82, 2.24) is 0 Å². The van der Waals surface area contributed by atoms with Gasteiger partial charge in [-0.2, -0.15) is 8.42 Å². The molecule has 0 spiro atoms. The maximum Gasteiger partial charge on any atom is 0.308 e. The van der Waals surface area contributed by atoms with E-state index >= 15 is 0 Å². The number of aryl methyl sites for hydroxylation is 1. The number of benzene rings is 2. The second-order valence-corrected chi connectivity index (χ2v) is 9.27. The molecule has 0 bridgehead atoms. The van der Waals surface area contributed by atoms with E-state index in [1.807, 2.05) is 19.1 Å². The zero-order chi connectivity index (χ0) is 21.7. The molecule has 1 aliphatic rings. The van der Waals surface area contributed by atoms with Crippen molar-refractivity contribution in [3.05, 3.63) is 64.7 Å². The molecule has 1 fully saturated rings. The third-order valence-corrected chi connectivity index (χ3v) is 6.50. The van der Waals surface area contributed by atoms with Gasteiger partial charge in [0.1, 0.15) is 0 Å². The Bertz CT molecular complexity index is 956. The fraction of sp³-hybridized carbons (Fsp3) is 0.409. The summed E-state index contributed by atoms with van der Waals surface area (Å²) in [5, 5.41) is 0.590. The molecular weight excluding hydrogens is 428 g/mol. The SMILES string of the molecule is CCOC(=O)C[C@H]1C[C@@H](OS(=O)(=O)c2ccc(C)cc2)C[C@@H](c2ccc(Cl)cc2)O1. The second-order valence-electron chi connectivity index (χ2n) is 7.26. The van der Waals surface area contributed by atoms with E-state index in [1.54, 1.807) is 31.2 Å². The average molecular weight is 453 g/mol. The Kier molecular flexibility index (Phi) is 7.52. The molecule has 3 atom stereocenters. The summed E-state index contributed by atoms with van der Waals surface area (Å²) < 4.78 is 42.2. The minimum Gasteiger partial charge on any atom is -0.466 e. The highest BCUT2D eigenvalue weighted by Crippen LogP contribution is 2.36. The summed E-state index contributed by atoms with van der Waals surface area (Å²) in [5.74, 6) is -0.389. The number of hydrogen-bond donors (Lipinski definition) is 0. The molecule has 1 saturated heterocycles. The fourth-order valence-electron chi connectivity index (χ4n) is 3.42. The molecule has 0 N–H and O–H groups in total. The minimum atomic E-state index is -3.94. The molecule has 8 heteroatoms. The molecule has 162 valence electrons. The molecule has 0 aliphatic carbocycles. The molecule has 1 heterocycles. The molecule has 0 radical (unpaired) electrons. The summed E-state index contributed by atoms with van der Waals surface area (Å²) in [7, 11) is -3.94. The molecule has 2 aromatic rings. The lowest BCUT2D eigenvalue weighted by Crippen LogP contribution is -2.35. The van der Waals surface area contributed by atoms with Gasteiger partial charge in [-0.3, -0.25) is 8.98 Å². The van der Waals surface area contributed by atoms with E-state index in [9.17, 15) is 13.2 Å². The summed E-state index contributed by atoms with van der Waals surface area (Å²) in [6, 6.07) is 13.6. The molecule has 0 saturated carbocycles. The number of hydrogen-bond acceptors (Lipinski definition) is 6. The first-order valence-electron chi connectivity index (χ1n) is 9.83. The monoisotopic (exact) mass is 452 g/mol. The number of rotatable bonds is 7. The summed E-state index contributed by atoms with van der Waals surface area (Å²) in [5.41, 5.74) is 1.80. The summed E-state index contributed by atoms with van der Waals surface area (Å²) >= 11 is 5.97. The molecule has 0 unspecified atom stereocenters. The van der Waals surface area contributed by atoms with Crippen LogP contribution in [-0.2, 0) is 28.6 Å². The van der Waals surface area contributed by atoms with E-state index in [2.05, 4.69) is 0 Å². The molecule has 1 aliphatic heterocycles. The Morgan fingerprint density at radius 3 is 2.40 bits per heavy atom. The normalized spacial score (nSPS) is 21.9. The minimum absolute atomic E-state index is 0.0301. The van der Waals surface area contributed by atoms with Gasteiger partial charge in [0.15, 0.2) is 0 Å². The van der Waals surface area contributed by atoms with Crippen molar-refractivity contribution < 1.29 is 26.9 Å². The van der Waals surface area contributed by atoms with Crippen LogP contribution in [0.15, 0.2) is 53.4 Å². The standard InChI is InChI=1S/C22H25ClO6S/c1-3-27-22(24)14-18-12-19(13-21(28-18)16-6-8-17(23)9-7-16)29-30(25,26)20-10-4-15(2)5-11-20/h4-11,18-19,21H,3,12-14H2,1-2H3/t18-,19-,21+/m1/s1. The number of halogens is 1. The number of carbonyl (C=O) groups is 1. The predicted octanol–water partition coefficient (Wildman–Crippen LogP) is 4.60. The highest BCUT2D eigenvalue weighted by molar-refractivity contribution is 7.86. The summed E-state index contributed by atoms with van der Waals surface area (Å²) in [6.45, 7) is 3.89. The van der Waals surface area contributed by atoms with Crippen molar-refractivity contribution in [1.29, 1.82) is 0 Å². The Morgan fingerprint density at radius 1 is 1.10 bits per heavy atom. The number of ether oxygens (including phenoxy) is 2. The zero-order valence-corrected chi connectivity index (χ0v) is 18.5. The third-order valence-electron chi connectivity index (χ3n) is 4.87. The number of esters is 1. The van der Waals surface area contributed by atoms with Crippen molar-refractivity contribution in [3.8, 4) is 0 Å². The van der Waals surface area contributed by atoms with Crippen LogP contribution >= 0.6 is 11.6 Å². The lowest BCUT2D eigenvalue weighted by molar-refractivity contribution is -0.152. The van der Waals surface area contributed by atoms with Crippen LogP contribution in [0.4, 0.5) is 0 Å². The molecular formula is C22H25ClO6S. The molecule has 0 amide bonds. The molecule has 6 nitrogen and oxygen atoms in total. The van der Waals surface area contributed by atoms with Crippen LogP contribution < -0.4 is 0 Å². The smallest absolute Gasteiger partial charge is 0.308 e. The molecule has 0 aromatic heterocycles. The Morgan fingerprint density at radius 2 is 1.77 bits per heavy atom. The predicted molar refractivity (Wildman–Crippen MR) is 113 cm³/mol. The third kappa shape index (κ3) is 6.04. The first-order valence-corrected chi connectivity index (χ1v) is 11.6. The Hall–Kier alpha value is -1.93. The van der Waals surface area contributed by atoms with Gasteiger partial charge in [0.25, 0.3) is 10.1 Å². The van der Waals surface area contributed by atoms with Crippen LogP contribution in [0.1, 0.15) is 43.4 Å². The Balaban J connectivity index is 1.79. The van der Waals surface area contributed by atoms with Crippen molar-refractivity contribution in [2.75, 3.05) is 6.61 Å². The van der Waals surface area contributed by atoms with Gasteiger partial charge in [-0.25, -0.2) is 0 Å². The quantitative estimate of drug-likeness (QED) is 0.451. The van der Waals surface area contributed by atoms with Gasteiger partial charge in [-0.15, -0.1) is 0 Å². The van der Waals surface area contributed by atoms with Gasteiger partial charge >= 0.3 is 5.97 Å². The van der Waals surface area contributed by atoms with Gasteiger partial charge in [-0.1, -0.05) is 41.4 Å². The van der Waals surface area contributed by atoms with E-state index in [-0.39, 0.29) is 30.3 Å². The lowest BCUT2D eigenvalue weighted by atomic mass is 9.95. The second kappa shape index (κ2) is 9.92. The fourth-order valence-corrected chi connectivity index (χ4v) is 4.64. The summed E-state index contributed by atoms with van der Waals surface area (Å²) in [6.07, 6.45) is -0.932. The van der Waals surface area contributed by atoms with Gasteiger partial charge in [0.2, 0.25) is 0 Å². The summed E-state index contributed by atoms with van der Waals surface area (Å²) in [4.78, 5) is 12.1. The Labute approximate surface area is 182 Å². The highest BCUT2D eigenvalue weighted by Gasteiger charge is 2.35. The van der Waals surface area contributed by atoms with E-state index in [0.717, 1.165) is 11.1 Å². The van der Waals surface area contributed by atoms with E-state index in [1.165, 1.54) is 12.1 Å². The van der Waals surface area contributed by atoms with Crippen LogP contribution in [0.3, 0.4) is 0 Å². The average Bonchev–Trinajstić information content (AvgIpc) is 2.68. The topological polar surface area (TPSA) is 78.9 Å². The number of carbonyl (C=O) groups excluding carboxylic acids is 1. The largest absolute Gasteiger partial charge is 0.466 e. The van der Waals surface area contributed by atoms with Crippen molar-refractivity contribution in [3.63, 3.8) is 0 Å². The van der Waals surface area contributed by atoms with Crippen LogP contribution in [0.25, 0.3) is 0 Å². The van der Waals surface area contributed by atoms with Gasteiger partial charge in [0.05, 0.1) is 36.2 Å². The van der Waals surface area contributed by atoms with E-state index in [4.69, 9.17) is 25.3 Å². The van der Waals surface area contributed by atoms with Crippen molar-refractivity contribution in [2.45, 2.75) is 56.3 Å². The zero-order valence-electron chi connectivity index (χ0n) is 16.9. The van der Waals surface area contributed by atoms with Gasteiger partial charge in [-0.05, 0) is 43.7 Å². The van der Waals surface area contributed by atoms with Crippen molar-refractivity contribution >= 4 is 27.7 Å². The molecule has 2 aromatic carbocycles. The first kappa shape index (κ1) is 22.7. The molecule has 30 heavy (non-hydrogen) atoms. The van der Waals surface area contributed by atoms with Crippen LogP contribution in [-0.4, -0.2) is 33.2 Å². The van der Waals surface area contributed by atoms with Gasteiger partial charge < -0.3 is 9.47 Å². The van der Waals surface area contributed by atoms with E-state index in [0.29, 0.717) is 11.4 Å². The van der Waals surface area contributed by atoms with Gasteiger partial charge in [0, 0.05) is 17.9 Å². The van der Waals surface area contributed by atoms with Crippen LogP contribution in [0.5, 0.6) is 0 Å². The van der Waals surface area contributed by atoms with Crippen LogP contribution in [0, 0.1) is 6.92 Å². The van der Waals surface area contributed by atoms with E-state index < -0.39 is 28.4 Å². The van der Waals surface area contributed by atoms with Crippen LogP contribution in [0.2, 0.25) is 5.02 Å². The molecule has 3 rings (SSSR count). The maximum atomic E-state index is 12.8. The maximum absolute atomic E-state index is 12.8. The van der Waals surface area contributed by atoms with Crippen molar-refractivity contribution in [2.24, 2.45) is 0 Å². The first-order chi connectivity index (χ1) is 14.3. The lowest BCUT2D eigenvalue weighted by Gasteiger charge is -2.35.